The topological polar surface area (TPSA) is 59.0 Å². The molecule has 0 unspecified atom stereocenters. The molecule has 1 aliphatic rings. The summed E-state index contributed by atoms with van der Waals surface area (Å²) < 4.78 is 12.3. The van der Waals surface area contributed by atoms with Gasteiger partial charge < -0.3 is 0 Å². The van der Waals surface area contributed by atoms with Crippen molar-refractivity contribution in [2.75, 3.05) is 20.7 Å². The quantitative estimate of drug-likeness (QED) is 0.761. The van der Waals surface area contributed by atoms with Crippen molar-refractivity contribution in [3.8, 4) is 0 Å². The standard InChI is InChI=1S/C16H23NO4Se/c1-16(2)20-10-12(21-16)13(18)14(15(19)17(3)4)22-11-8-6-5-7-9-11/h5-9,12-14,18H,10H2,1-4H3/t12-,13-,14+/m1/s1. The fourth-order valence-electron chi connectivity index (χ4n) is 2.25. The van der Waals surface area contributed by atoms with Gasteiger partial charge in [0.25, 0.3) is 0 Å². The van der Waals surface area contributed by atoms with Crippen LogP contribution < -0.4 is 4.46 Å². The van der Waals surface area contributed by atoms with Gasteiger partial charge in [0.05, 0.1) is 0 Å². The molecule has 1 aromatic rings. The number of carbonyl (C=O) groups is 1. The molecular formula is C16H23NO4Se. The van der Waals surface area contributed by atoms with Crippen LogP contribution in [-0.4, -0.2) is 69.6 Å². The van der Waals surface area contributed by atoms with Gasteiger partial charge in [0.15, 0.2) is 0 Å². The molecular weight excluding hydrogens is 349 g/mol. The van der Waals surface area contributed by atoms with Crippen LogP contribution in [0.1, 0.15) is 13.8 Å². The zero-order valence-electron chi connectivity index (χ0n) is 13.4. The van der Waals surface area contributed by atoms with Gasteiger partial charge in [-0.3, -0.25) is 0 Å². The summed E-state index contributed by atoms with van der Waals surface area (Å²) in [5.74, 6) is -0.790. The first-order chi connectivity index (χ1) is 10.3. The van der Waals surface area contributed by atoms with E-state index in [0.29, 0.717) is 6.61 Å². The third-order valence-electron chi connectivity index (χ3n) is 3.41. The SMILES string of the molecule is CN(C)C(=O)[C@@H]([Se]c1ccccc1)[C@H](O)[C@H]1COC(C)(C)O1. The second-order valence-electron chi connectivity index (χ2n) is 5.94. The van der Waals surface area contributed by atoms with Crippen LogP contribution in [0.4, 0.5) is 0 Å². The molecule has 1 amide bonds. The molecule has 1 aliphatic heterocycles. The van der Waals surface area contributed by atoms with Gasteiger partial charge in [-0.05, 0) is 0 Å². The normalized spacial score (nSPS) is 23.0. The molecule has 1 aromatic carbocycles. The number of benzene rings is 1. The molecule has 122 valence electrons. The Hall–Kier alpha value is -0.911. The molecule has 2 rings (SSSR count). The summed E-state index contributed by atoms with van der Waals surface area (Å²) in [6.07, 6.45) is -1.36. The van der Waals surface area contributed by atoms with Crippen LogP contribution in [0.2, 0.25) is 4.82 Å². The fourth-order valence-corrected chi connectivity index (χ4v) is 4.83. The monoisotopic (exact) mass is 373 g/mol. The second kappa shape index (κ2) is 7.11. The Kier molecular flexibility index (Phi) is 5.64. The van der Waals surface area contributed by atoms with Crippen LogP contribution in [0.15, 0.2) is 30.3 Å². The second-order valence-corrected chi connectivity index (χ2v) is 8.49. The van der Waals surface area contributed by atoms with Gasteiger partial charge in [-0.1, -0.05) is 0 Å². The van der Waals surface area contributed by atoms with Gasteiger partial charge in [0.1, 0.15) is 0 Å². The van der Waals surface area contributed by atoms with E-state index in [2.05, 4.69) is 0 Å². The predicted molar refractivity (Wildman–Crippen MR) is 85.2 cm³/mol. The number of aliphatic hydroxyl groups excluding tert-OH is 1. The molecule has 6 heteroatoms. The zero-order chi connectivity index (χ0) is 16.3. The van der Waals surface area contributed by atoms with Gasteiger partial charge >= 0.3 is 137 Å². The number of nitrogens with zero attached hydrogens (tertiary/aromatic N) is 1. The van der Waals surface area contributed by atoms with Crippen molar-refractivity contribution in [2.45, 2.75) is 36.7 Å². The third kappa shape index (κ3) is 4.31. The summed E-state index contributed by atoms with van der Waals surface area (Å²) in [5, 5.41) is 10.7. The van der Waals surface area contributed by atoms with Crippen molar-refractivity contribution in [3.05, 3.63) is 30.3 Å². The Labute approximate surface area is 137 Å². The van der Waals surface area contributed by atoms with E-state index in [1.165, 1.54) is 4.90 Å². The number of aliphatic hydroxyl groups is 1. The molecule has 0 aromatic heterocycles. The van der Waals surface area contributed by atoms with Crippen molar-refractivity contribution in [2.24, 2.45) is 0 Å². The molecule has 0 spiro atoms. The third-order valence-corrected chi connectivity index (χ3v) is 6.09. The van der Waals surface area contributed by atoms with E-state index in [9.17, 15) is 9.90 Å². The van der Waals surface area contributed by atoms with Crippen molar-refractivity contribution >= 4 is 25.3 Å². The fraction of sp³-hybridized carbons (Fsp3) is 0.562. The summed E-state index contributed by atoms with van der Waals surface area (Å²) in [4.78, 5) is 13.5. The maximum atomic E-state index is 12.5. The molecule has 0 saturated carbocycles. The van der Waals surface area contributed by atoms with Crippen LogP contribution in [0.25, 0.3) is 0 Å². The first kappa shape index (κ1) is 17.4. The molecule has 0 aliphatic carbocycles. The molecule has 1 N–H and O–H groups in total. The average Bonchev–Trinajstić information content (AvgIpc) is 2.84. The Morgan fingerprint density at radius 2 is 2.00 bits per heavy atom. The van der Waals surface area contributed by atoms with Gasteiger partial charge in [-0.15, -0.1) is 0 Å². The molecule has 1 fully saturated rings. The molecule has 1 heterocycles. The number of hydrogen-bond acceptors (Lipinski definition) is 4. The average molecular weight is 372 g/mol. The van der Waals surface area contributed by atoms with Crippen molar-refractivity contribution in [1.29, 1.82) is 0 Å². The van der Waals surface area contributed by atoms with Crippen LogP contribution >= 0.6 is 0 Å². The molecule has 0 radical (unpaired) electrons. The van der Waals surface area contributed by atoms with Crippen LogP contribution in [0.3, 0.4) is 0 Å². The summed E-state index contributed by atoms with van der Waals surface area (Å²) in [7, 11) is 3.41. The van der Waals surface area contributed by atoms with Crippen LogP contribution in [-0.2, 0) is 14.3 Å². The van der Waals surface area contributed by atoms with Crippen molar-refractivity contribution < 1.29 is 19.4 Å². The van der Waals surface area contributed by atoms with E-state index in [1.807, 2.05) is 44.2 Å². The Bertz CT molecular complexity index is 506. The van der Waals surface area contributed by atoms with Crippen molar-refractivity contribution in [3.63, 3.8) is 0 Å². The minimum absolute atomic E-state index is 0.0790. The molecule has 0 bridgehead atoms. The van der Waals surface area contributed by atoms with E-state index in [-0.39, 0.29) is 20.9 Å². The van der Waals surface area contributed by atoms with Gasteiger partial charge in [0.2, 0.25) is 0 Å². The molecule has 1 saturated heterocycles. The first-order valence-electron chi connectivity index (χ1n) is 7.23. The minimum atomic E-state index is -0.878. The van der Waals surface area contributed by atoms with Gasteiger partial charge in [-0.2, -0.15) is 0 Å². The van der Waals surface area contributed by atoms with Gasteiger partial charge in [0, 0.05) is 0 Å². The zero-order valence-corrected chi connectivity index (χ0v) is 15.1. The Morgan fingerprint density at radius 3 is 2.50 bits per heavy atom. The number of rotatable bonds is 5. The first-order valence-corrected chi connectivity index (χ1v) is 9.07. The molecule has 5 nitrogen and oxygen atoms in total. The van der Waals surface area contributed by atoms with E-state index in [1.54, 1.807) is 14.1 Å². The van der Waals surface area contributed by atoms with Crippen molar-refractivity contribution in [1.82, 2.24) is 4.90 Å². The van der Waals surface area contributed by atoms with E-state index >= 15 is 0 Å². The predicted octanol–water partition coefficient (Wildman–Crippen LogP) is 0.405. The number of carbonyl (C=O) groups excluding carboxylic acids is 1. The van der Waals surface area contributed by atoms with E-state index in [0.717, 1.165) is 4.46 Å². The summed E-state index contributed by atoms with van der Waals surface area (Å²) in [6.45, 7) is 3.92. The van der Waals surface area contributed by atoms with E-state index in [4.69, 9.17) is 9.47 Å². The molecule has 22 heavy (non-hydrogen) atoms. The number of amides is 1. The number of hydrogen-bond donors (Lipinski definition) is 1. The van der Waals surface area contributed by atoms with Crippen LogP contribution in [0.5, 0.6) is 0 Å². The summed E-state index contributed by atoms with van der Waals surface area (Å²) in [6, 6.07) is 9.80. The Morgan fingerprint density at radius 1 is 1.36 bits per heavy atom. The van der Waals surface area contributed by atoms with Crippen LogP contribution in [0, 0.1) is 0 Å². The number of ether oxygens (including phenoxy) is 2. The summed E-state index contributed by atoms with van der Waals surface area (Å²) in [5.41, 5.74) is 0. The van der Waals surface area contributed by atoms with Gasteiger partial charge in [-0.25, -0.2) is 0 Å². The maximum absolute atomic E-state index is 12.5. The Balaban J connectivity index is 2.15. The molecule has 3 atom stereocenters. The summed E-state index contributed by atoms with van der Waals surface area (Å²) >= 11 is -0.182. The van der Waals surface area contributed by atoms with E-state index < -0.39 is 22.8 Å².